The predicted octanol–water partition coefficient (Wildman–Crippen LogP) is 5.30. The minimum Gasteiger partial charge on any atom is -0.508 e. The molecule has 0 unspecified atom stereocenters. The Labute approximate surface area is 161 Å². The Morgan fingerprint density at radius 3 is 1.96 bits per heavy atom. The molecule has 5 heteroatoms. The Bertz CT molecular complexity index is 1060. The van der Waals surface area contributed by atoms with Crippen LogP contribution in [0.5, 0.6) is 17.2 Å². The molecule has 0 amide bonds. The SMILES string of the molecule is Oc1ccc(-c2noc(-c3ccc(O)cc3)c2/C=C/c2cccc(O)c2)cc1. The lowest BCUT2D eigenvalue weighted by molar-refractivity contribution is 0.434. The van der Waals surface area contributed by atoms with Crippen molar-refractivity contribution in [3.63, 3.8) is 0 Å². The summed E-state index contributed by atoms with van der Waals surface area (Å²) in [4.78, 5) is 0. The van der Waals surface area contributed by atoms with Gasteiger partial charge in [0.25, 0.3) is 0 Å². The molecule has 1 heterocycles. The van der Waals surface area contributed by atoms with Gasteiger partial charge in [-0.1, -0.05) is 23.4 Å². The van der Waals surface area contributed by atoms with Gasteiger partial charge in [-0.25, -0.2) is 0 Å². The number of aromatic hydroxyl groups is 3. The topological polar surface area (TPSA) is 86.7 Å². The zero-order valence-corrected chi connectivity index (χ0v) is 14.8. The number of nitrogens with zero attached hydrogens (tertiary/aromatic N) is 1. The molecular formula is C23H17NO4. The Morgan fingerprint density at radius 2 is 1.32 bits per heavy atom. The van der Waals surface area contributed by atoms with Crippen LogP contribution in [0.4, 0.5) is 0 Å². The smallest absolute Gasteiger partial charge is 0.174 e. The molecule has 4 rings (SSSR count). The second kappa shape index (κ2) is 7.32. The summed E-state index contributed by atoms with van der Waals surface area (Å²) >= 11 is 0. The van der Waals surface area contributed by atoms with Gasteiger partial charge < -0.3 is 19.8 Å². The standard InChI is InChI=1S/C23H17NO4/c25-18-9-5-16(6-10-18)22-21(13-4-15-2-1-3-20(27)14-15)23(28-24-22)17-7-11-19(26)12-8-17/h1-14,25-27H/b13-4+. The van der Waals surface area contributed by atoms with Crippen LogP contribution in [0, 0.1) is 0 Å². The van der Waals surface area contributed by atoms with Gasteiger partial charge in [0.1, 0.15) is 22.9 Å². The average Bonchev–Trinajstić information content (AvgIpc) is 3.11. The maximum absolute atomic E-state index is 9.68. The van der Waals surface area contributed by atoms with Gasteiger partial charge in [0.2, 0.25) is 0 Å². The summed E-state index contributed by atoms with van der Waals surface area (Å²) in [5, 5.41) is 33.0. The summed E-state index contributed by atoms with van der Waals surface area (Å²) < 4.78 is 5.62. The number of phenols is 3. The van der Waals surface area contributed by atoms with E-state index in [4.69, 9.17) is 4.52 Å². The fourth-order valence-electron chi connectivity index (χ4n) is 2.91. The summed E-state index contributed by atoms with van der Waals surface area (Å²) in [6.07, 6.45) is 3.73. The minimum absolute atomic E-state index is 0.166. The highest BCUT2D eigenvalue weighted by Gasteiger charge is 2.17. The van der Waals surface area contributed by atoms with Crippen molar-refractivity contribution in [1.29, 1.82) is 0 Å². The zero-order valence-electron chi connectivity index (χ0n) is 14.8. The summed E-state index contributed by atoms with van der Waals surface area (Å²) in [6.45, 7) is 0. The molecule has 3 aromatic carbocycles. The fourth-order valence-corrected chi connectivity index (χ4v) is 2.91. The van der Waals surface area contributed by atoms with Crippen LogP contribution < -0.4 is 0 Å². The predicted molar refractivity (Wildman–Crippen MR) is 108 cm³/mol. The van der Waals surface area contributed by atoms with E-state index in [0.29, 0.717) is 11.5 Å². The molecule has 5 nitrogen and oxygen atoms in total. The summed E-state index contributed by atoms with van der Waals surface area (Å²) in [6, 6.07) is 20.3. The molecule has 0 saturated heterocycles. The van der Waals surface area contributed by atoms with Gasteiger partial charge in [-0.3, -0.25) is 0 Å². The van der Waals surface area contributed by atoms with Gasteiger partial charge in [0.15, 0.2) is 5.76 Å². The highest BCUT2D eigenvalue weighted by atomic mass is 16.5. The number of rotatable bonds is 4. The third-order valence-corrected chi connectivity index (χ3v) is 4.31. The van der Waals surface area contributed by atoms with Gasteiger partial charge in [0.05, 0.1) is 5.56 Å². The Hall–Kier alpha value is -3.99. The second-order valence-corrected chi connectivity index (χ2v) is 6.30. The van der Waals surface area contributed by atoms with Gasteiger partial charge in [-0.2, -0.15) is 0 Å². The van der Waals surface area contributed by atoms with Crippen molar-refractivity contribution >= 4 is 12.2 Å². The summed E-state index contributed by atoms with van der Waals surface area (Å²) in [5.74, 6) is 1.08. The lowest BCUT2D eigenvalue weighted by atomic mass is 10.0. The molecule has 0 fully saturated rings. The van der Waals surface area contributed by atoms with E-state index in [-0.39, 0.29) is 17.2 Å². The number of hydrogen-bond donors (Lipinski definition) is 3. The maximum atomic E-state index is 9.68. The van der Waals surface area contributed by atoms with Crippen molar-refractivity contribution in [3.8, 4) is 39.8 Å². The molecule has 138 valence electrons. The molecule has 0 spiro atoms. The molecule has 1 aromatic heterocycles. The molecule has 0 saturated carbocycles. The molecule has 28 heavy (non-hydrogen) atoms. The van der Waals surface area contributed by atoms with E-state index in [9.17, 15) is 15.3 Å². The highest BCUT2D eigenvalue weighted by Crippen LogP contribution is 2.35. The van der Waals surface area contributed by atoms with Crippen LogP contribution in [0.3, 0.4) is 0 Å². The number of phenolic OH excluding ortho intramolecular Hbond substituents is 3. The summed E-state index contributed by atoms with van der Waals surface area (Å²) in [5.41, 5.74) is 3.77. The zero-order chi connectivity index (χ0) is 19.5. The molecule has 0 bridgehead atoms. The van der Waals surface area contributed by atoms with Crippen LogP contribution in [-0.2, 0) is 0 Å². The van der Waals surface area contributed by atoms with Gasteiger partial charge in [0, 0.05) is 11.1 Å². The lowest BCUT2D eigenvalue weighted by Crippen LogP contribution is -1.83. The van der Waals surface area contributed by atoms with Crippen molar-refractivity contribution < 1.29 is 19.8 Å². The van der Waals surface area contributed by atoms with E-state index >= 15 is 0 Å². The Morgan fingerprint density at radius 1 is 0.679 bits per heavy atom. The van der Waals surface area contributed by atoms with Crippen LogP contribution in [-0.4, -0.2) is 20.5 Å². The quantitative estimate of drug-likeness (QED) is 0.453. The normalized spacial score (nSPS) is 11.1. The molecule has 0 aliphatic rings. The van der Waals surface area contributed by atoms with Crippen LogP contribution >= 0.6 is 0 Å². The van der Waals surface area contributed by atoms with Crippen LogP contribution in [0.1, 0.15) is 11.1 Å². The molecule has 4 aromatic rings. The van der Waals surface area contributed by atoms with E-state index in [1.807, 2.05) is 18.2 Å². The third-order valence-electron chi connectivity index (χ3n) is 4.31. The van der Waals surface area contributed by atoms with Crippen molar-refractivity contribution in [2.45, 2.75) is 0 Å². The van der Waals surface area contributed by atoms with Crippen molar-refractivity contribution in [2.24, 2.45) is 0 Å². The molecule has 0 aliphatic heterocycles. The van der Waals surface area contributed by atoms with E-state index in [1.165, 1.54) is 0 Å². The van der Waals surface area contributed by atoms with Crippen LogP contribution in [0.2, 0.25) is 0 Å². The van der Waals surface area contributed by atoms with E-state index in [2.05, 4.69) is 5.16 Å². The molecule has 0 atom stereocenters. The number of benzene rings is 3. The molecular weight excluding hydrogens is 354 g/mol. The van der Waals surface area contributed by atoms with E-state index in [1.54, 1.807) is 66.7 Å². The summed E-state index contributed by atoms with van der Waals surface area (Å²) in [7, 11) is 0. The molecule has 3 N–H and O–H groups in total. The Balaban J connectivity index is 1.83. The van der Waals surface area contributed by atoms with Crippen LogP contribution in [0.15, 0.2) is 77.3 Å². The maximum Gasteiger partial charge on any atom is 0.174 e. The average molecular weight is 371 g/mol. The largest absolute Gasteiger partial charge is 0.508 e. The van der Waals surface area contributed by atoms with Gasteiger partial charge in [-0.05, 0) is 72.3 Å². The van der Waals surface area contributed by atoms with Crippen molar-refractivity contribution in [2.75, 3.05) is 0 Å². The second-order valence-electron chi connectivity index (χ2n) is 6.30. The first-order valence-corrected chi connectivity index (χ1v) is 8.66. The number of aromatic nitrogens is 1. The van der Waals surface area contributed by atoms with Gasteiger partial charge in [-0.15, -0.1) is 0 Å². The van der Waals surface area contributed by atoms with Gasteiger partial charge >= 0.3 is 0 Å². The molecule has 0 radical (unpaired) electrons. The lowest BCUT2D eigenvalue weighted by Gasteiger charge is -2.02. The van der Waals surface area contributed by atoms with Crippen molar-refractivity contribution in [3.05, 3.63) is 83.9 Å². The number of hydrogen-bond acceptors (Lipinski definition) is 5. The first kappa shape index (κ1) is 17.4. The minimum atomic E-state index is 0.166. The van der Waals surface area contributed by atoms with E-state index in [0.717, 1.165) is 22.3 Å². The molecule has 0 aliphatic carbocycles. The first-order valence-electron chi connectivity index (χ1n) is 8.66. The third kappa shape index (κ3) is 3.59. The van der Waals surface area contributed by atoms with Crippen molar-refractivity contribution in [1.82, 2.24) is 5.16 Å². The monoisotopic (exact) mass is 371 g/mol. The van der Waals surface area contributed by atoms with E-state index < -0.39 is 0 Å². The highest BCUT2D eigenvalue weighted by molar-refractivity contribution is 5.86. The Kier molecular flexibility index (Phi) is 4.56. The first-order chi connectivity index (χ1) is 13.6. The fraction of sp³-hybridized carbons (Fsp3) is 0. The van der Waals surface area contributed by atoms with Crippen LogP contribution in [0.25, 0.3) is 34.7 Å².